The Bertz CT molecular complexity index is 715. The van der Waals surface area contributed by atoms with E-state index in [0.29, 0.717) is 4.90 Å². The first kappa shape index (κ1) is 15.0. The van der Waals surface area contributed by atoms with Crippen LogP contribution in [0.4, 0.5) is 0 Å². The molecule has 0 aromatic heterocycles. The van der Waals surface area contributed by atoms with Crippen molar-refractivity contribution in [3.8, 4) is 0 Å². The average Bonchev–Trinajstić information content (AvgIpc) is 2.36. The molecule has 1 N–H and O–H groups in total. The lowest BCUT2D eigenvalue weighted by Crippen LogP contribution is -2.41. The highest BCUT2D eigenvalue weighted by molar-refractivity contribution is 7.89. The van der Waals surface area contributed by atoms with Gasteiger partial charge in [0.1, 0.15) is 0 Å². The number of fused-ring (bicyclic) bond motifs is 1. The quantitative estimate of drug-likeness (QED) is 0.940. The fourth-order valence-corrected chi connectivity index (χ4v) is 3.30. The van der Waals surface area contributed by atoms with Gasteiger partial charge in [0.15, 0.2) is 0 Å². The molecule has 0 saturated heterocycles. The summed E-state index contributed by atoms with van der Waals surface area (Å²) in [7, 11) is -3.48. The van der Waals surface area contributed by atoms with E-state index < -0.39 is 10.0 Å². The van der Waals surface area contributed by atoms with Gasteiger partial charge in [0.2, 0.25) is 10.0 Å². The van der Waals surface area contributed by atoms with E-state index >= 15 is 0 Å². The van der Waals surface area contributed by atoms with Gasteiger partial charge < -0.3 is 0 Å². The second-order valence-electron chi connectivity index (χ2n) is 6.22. The molecule has 0 aliphatic rings. The maximum absolute atomic E-state index is 12.4. The van der Waals surface area contributed by atoms with E-state index in [1.165, 1.54) is 0 Å². The standard InChI is InChI=1S/C16H21NO2S/c1-12(16(2,3)4)17-20(18,19)15-10-9-13-7-5-6-8-14(13)11-15/h5-12,17H,1-4H3/t12-/m1/s1. The Balaban J connectivity index is 2.37. The molecule has 0 radical (unpaired) electrons. The topological polar surface area (TPSA) is 46.2 Å². The molecule has 2 aromatic rings. The summed E-state index contributed by atoms with van der Waals surface area (Å²) in [6.07, 6.45) is 0. The van der Waals surface area contributed by atoms with Crippen LogP contribution in [0.5, 0.6) is 0 Å². The summed E-state index contributed by atoms with van der Waals surface area (Å²) < 4.78 is 27.6. The van der Waals surface area contributed by atoms with E-state index in [0.717, 1.165) is 10.8 Å². The van der Waals surface area contributed by atoms with Crippen molar-refractivity contribution in [1.82, 2.24) is 4.72 Å². The first-order valence-electron chi connectivity index (χ1n) is 6.71. The van der Waals surface area contributed by atoms with Crippen LogP contribution in [0.1, 0.15) is 27.7 Å². The molecule has 4 heteroatoms. The zero-order valence-corrected chi connectivity index (χ0v) is 13.2. The highest BCUT2D eigenvalue weighted by Crippen LogP contribution is 2.23. The third-order valence-electron chi connectivity index (χ3n) is 3.66. The molecule has 0 unspecified atom stereocenters. The normalized spacial score (nSPS) is 14.4. The number of sulfonamides is 1. The maximum Gasteiger partial charge on any atom is 0.240 e. The Hall–Kier alpha value is -1.39. The Labute approximate surface area is 121 Å². The average molecular weight is 291 g/mol. The summed E-state index contributed by atoms with van der Waals surface area (Å²) in [5.74, 6) is 0. The number of hydrogen-bond donors (Lipinski definition) is 1. The molecule has 0 aliphatic heterocycles. The highest BCUT2D eigenvalue weighted by atomic mass is 32.2. The lowest BCUT2D eigenvalue weighted by Gasteiger charge is -2.27. The van der Waals surface area contributed by atoms with Crippen molar-refractivity contribution in [3.05, 3.63) is 42.5 Å². The molecule has 0 bridgehead atoms. The van der Waals surface area contributed by atoms with Crippen LogP contribution in [-0.2, 0) is 10.0 Å². The van der Waals surface area contributed by atoms with Crippen LogP contribution in [0.2, 0.25) is 0 Å². The molecule has 0 aliphatic carbocycles. The molecule has 20 heavy (non-hydrogen) atoms. The van der Waals surface area contributed by atoms with E-state index in [1.807, 2.05) is 58.0 Å². The highest BCUT2D eigenvalue weighted by Gasteiger charge is 2.25. The maximum atomic E-state index is 12.4. The second kappa shape index (κ2) is 5.19. The molecule has 2 aromatic carbocycles. The van der Waals surface area contributed by atoms with Gasteiger partial charge in [0.25, 0.3) is 0 Å². The summed E-state index contributed by atoms with van der Waals surface area (Å²) in [5, 5.41) is 1.97. The monoisotopic (exact) mass is 291 g/mol. The van der Waals surface area contributed by atoms with Crippen molar-refractivity contribution in [3.63, 3.8) is 0 Å². The number of hydrogen-bond acceptors (Lipinski definition) is 2. The summed E-state index contributed by atoms with van der Waals surface area (Å²) in [6, 6.07) is 12.8. The predicted molar refractivity (Wildman–Crippen MR) is 83.2 cm³/mol. The van der Waals surface area contributed by atoms with Gasteiger partial charge in [-0.25, -0.2) is 13.1 Å². The zero-order valence-electron chi connectivity index (χ0n) is 12.3. The minimum atomic E-state index is -3.48. The van der Waals surface area contributed by atoms with Gasteiger partial charge in [-0.15, -0.1) is 0 Å². The zero-order chi connectivity index (χ0) is 15.0. The first-order valence-corrected chi connectivity index (χ1v) is 8.19. The molecule has 108 valence electrons. The summed E-state index contributed by atoms with van der Waals surface area (Å²) >= 11 is 0. The first-order chi connectivity index (χ1) is 9.20. The van der Waals surface area contributed by atoms with Crippen LogP contribution in [0, 0.1) is 5.41 Å². The van der Waals surface area contributed by atoms with Crippen LogP contribution in [0.25, 0.3) is 10.8 Å². The van der Waals surface area contributed by atoms with E-state index in [9.17, 15) is 8.42 Å². The Kier molecular flexibility index (Phi) is 3.89. The predicted octanol–water partition coefficient (Wildman–Crippen LogP) is 3.55. The molecule has 0 amide bonds. The SMILES string of the molecule is C[C@@H](NS(=O)(=O)c1ccc2ccccc2c1)C(C)(C)C. The molecule has 0 saturated carbocycles. The molecule has 1 atom stereocenters. The van der Waals surface area contributed by atoms with Crippen LogP contribution >= 0.6 is 0 Å². The number of benzene rings is 2. The fourth-order valence-electron chi connectivity index (χ4n) is 1.81. The van der Waals surface area contributed by atoms with Crippen LogP contribution in [-0.4, -0.2) is 14.5 Å². The van der Waals surface area contributed by atoms with Crippen molar-refractivity contribution in [2.45, 2.75) is 38.6 Å². The van der Waals surface area contributed by atoms with Gasteiger partial charge in [0.05, 0.1) is 4.90 Å². The van der Waals surface area contributed by atoms with E-state index in [2.05, 4.69) is 4.72 Å². The minimum Gasteiger partial charge on any atom is -0.208 e. The summed E-state index contributed by atoms with van der Waals surface area (Å²) in [5.41, 5.74) is -0.121. The largest absolute Gasteiger partial charge is 0.240 e. The van der Waals surface area contributed by atoms with E-state index in [1.54, 1.807) is 12.1 Å². The van der Waals surface area contributed by atoms with Gasteiger partial charge >= 0.3 is 0 Å². The lowest BCUT2D eigenvalue weighted by molar-refractivity contribution is 0.317. The molecule has 0 heterocycles. The third-order valence-corrected chi connectivity index (χ3v) is 5.20. The smallest absolute Gasteiger partial charge is 0.208 e. The molecular formula is C16H21NO2S. The van der Waals surface area contributed by atoms with Crippen molar-refractivity contribution in [2.75, 3.05) is 0 Å². The second-order valence-corrected chi connectivity index (χ2v) is 7.93. The number of nitrogens with one attached hydrogen (secondary N) is 1. The molecule has 0 spiro atoms. The molecule has 3 nitrogen and oxygen atoms in total. The summed E-state index contributed by atoms with van der Waals surface area (Å²) in [4.78, 5) is 0.312. The van der Waals surface area contributed by atoms with Gasteiger partial charge in [-0.1, -0.05) is 51.1 Å². The van der Waals surface area contributed by atoms with Crippen LogP contribution in [0.15, 0.2) is 47.4 Å². The minimum absolute atomic E-state index is 0.121. The molecular weight excluding hydrogens is 270 g/mol. The Morgan fingerprint density at radius 2 is 1.60 bits per heavy atom. The van der Waals surface area contributed by atoms with Crippen LogP contribution in [0.3, 0.4) is 0 Å². The molecule has 0 fully saturated rings. The number of rotatable bonds is 3. The molecule has 2 rings (SSSR count). The Morgan fingerprint density at radius 1 is 1.00 bits per heavy atom. The van der Waals surface area contributed by atoms with E-state index in [-0.39, 0.29) is 11.5 Å². The van der Waals surface area contributed by atoms with Crippen molar-refractivity contribution >= 4 is 20.8 Å². The van der Waals surface area contributed by atoms with Gasteiger partial charge in [0, 0.05) is 6.04 Å². The van der Waals surface area contributed by atoms with Crippen molar-refractivity contribution in [2.24, 2.45) is 5.41 Å². The van der Waals surface area contributed by atoms with Crippen molar-refractivity contribution in [1.29, 1.82) is 0 Å². The third kappa shape index (κ3) is 3.19. The van der Waals surface area contributed by atoms with Crippen molar-refractivity contribution < 1.29 is 8.42 Å². The summed E-state index contributed by atoms with van der Waals surface area (Å²) in [6.45, 7) is 7.93. The lowest BCUT2D eigenvalue weighted by atomic mass is 9.89. The van der Waals surface area contributed by atoms with Gasteiger partial charge in [-0.05, 0) is 35.2 Å². The fraction of sp³-hybridized carbons (Fsp3) is 0.375. The Morgan fingerprint density at radius 3 is 2.20 bits per heavy atom. The van der Waals surface area contributed by atoms with Gasteiger partial charge in [-0.3, -0.25) is 0 Å². The van der Waals surface area contributed by atoms with Crippen LogP contribution < -0.4 is 4.72 Å². The van der Waals surface area contributed by atoms with E-state index in [4.69, 9.17) is 0 Å². The van der Waals surface area contributed by atoms with Gasteiger partial charge in [-0.2, -0.15) is 0 Å².